The van der Waals surface area contributed by atoms with E-state index in [4.69, 9.17) is 4.74 Å². The van der Waals surface area contributed by atoms with Crippen molar-refractivity contribution in [2.45, 2.75) is 19.4 Å². The second kappa shape index (κ2) is 7.24. The third-order valence-electron chi connectivity index (χ3n) is 4.07. The molecule has 0 saturated carbocycles. The van der Waals surface area contributed by atoms with Crippen LogP contribution in [-0.4, -0.2) is 30.3 Å². The fraction of sp³-hybridized carbons (Fsp3) is 0.333. The van der Waals surface area contributed by atoms with E-state index < -0.39 is 0 Å². The van der Waals surface area contributed by atoms with Gasteiger partial charge in [0.25, 0.3) is 0 Å². The van der Waals surface area contributed by atoms with Gasteiger partial charge in [-0.3, -0.25) is 4.98 Å². The van der Waals surface area contributed by atoms with Gasteiger partial charge in [-0.1, -0.05) is 17.7 Å². The van der Waals surface area contributed by atoms with Crippen molar-refractivity contribution in [2.75, 3.05) is 18.5 Å². The summed E-state index contributed by atoms with van der Waals surface area (Å²) in [6.45, 7) is 3.23. The minimum Gasteiger partial charge on any atom is -0.379 e. The number of urea groups is 1. The molecule has 2 aromatic rings. The number of hydrogen-bond acceptors (Lipinski definition) is 3. The van der Waals surface area contributed by atoms with E-state index in [1.807, 2.05) is 43.3 Å². The molecule has 1 saturated heterocycles. The number of aromatic nitrogens is 1. The molecule has 2 heterocycles. The van der Waals surface area contributed by atoms with Crippen LogP contribution in [-0.2, 0) is 11.2 Å². The van der Waals surface area contributed by atoms with E-state index in [-0.39, 0.29) is 18.0 Å². The molecule has 0 radical (unpaired) electrons. The Balaban J connectivity index is 1.55. The summed E-state index contributed by atoms with van der Waals surface area (Å²) >= 11 is 0. The Bertz CT molecular complexity index is 643. The number of anilines is 1. The highest BCUT2D eigenvalue weighted by Gasteiger charge is 2.29. The van der Waals surface area contributed by atoms with Gasteiger partial charge in [0.05, 0.1) is 19.3 Å². The molecular weight excluding hydrogens is 290 g/mol. The van der Waals surface area contributed by atoms with Crippen molar-refractivity contribution >= 4 is 11.7 Å². The molecule has 0 spiro atoms. The molecule has 2 N–H and O–H groups in total. The zero-order valence-electron chi connectivity index (χ0n) is 13.2. The molecule has 23 heavy (non-hydrogen) atoms. The Labute approximate surface area is 136 Å². The molecule has 120 valence electrons. The van der Waals surface area contributed by atoms with Crippen molar-refractivity contribution < 1.29 is 9.53 Å². The van der Waals surface area contributed by atoms with Crippen LogP contribution < -0.4 is 10.6 Å². The Morgan fingerprint density at radius 1 is 1.17 bits per heavy atom. The molecule has 1 aliphatic rings. The van der Waals surface area contributed by atoms with Gasteiger partial charge >= 0.3 is 6.03 Å². The highest BCUT2D eigenvalue weighted by atomic mass is 16.5. The molecule has 1 aromatic carbocycles. The molecule has 1 aromatic heterocycles. The van der Waals surface area contributed by atoms with Gasteiger partial charge in [0.1, 0.15) is 0 Å². The number of nitrogens with zero attached hydrogens (tertiary/aromatic N) is 1. The number of carbonyl (C=O) groups is 1. The number of pyridine rings is 1. The lowest BCUT2D eigenvalue weighted by atomic mass is 9.95. The number of nitrogens with one attached hydrogen (secondary N) is 2. The minimum absolute atomic E-state index is 0.0219. The summed E-state index contributed by atoms with van der Waals surface area (Å²) in [5.74, 6) is 0.279. The van der Waals surface area contributed by atoms with Crippen LogP contribution in [0.15, 0.2) is 48.8 Å². The van der Waals surface area contributed by atoms with E-state index >= 15 is 0 Å². The second-order valence-electron chi connectivity index (χ2n) is 5.93. The number of rotatable bonds is 4. The zero-order valence-corrected chi connectivity index (χ0v) is 13.2. The number of benzene rings is 1. The molecule has 3 rings (SSSR count). The largest absolute Gasteiger partial charge is 0.379 e. The highest BCUT2D eigenvalue weighted by Crippen LogP contribution is 2.19. The Hall–Kier alpha value is -2.40. The number of aryl methyl sites for hydroxylation is 1. The maximum atomic E-state index is 12.2. The van der Waals surface area contributed by atoms with Gasteiger partial charge in [-0.15, -0.1) is 0 Å². The molecule has 5 nitrogen and oxygen atoms in total. The first-order chi connectivity index (χ1) is 11.2. The van der Waals surface area contributed by atoms with Crippen molar-refractivity contribution in [1.29, 1.82) is 0 Å². The molecule has 0 aliphatic carbocycles. The normalized spacial score (nSPS) is 20.2. The molecule has 0 bridgehead atoms. The average Bonchev–Trinajstić information content (AvgIpc) is 2.97. The number of carbonyl (C=O) groups excluding carboxylic acids is 1. The SMILES string of the molecule is Cc1ccc(NC(=O)N[C@H]2COC[C@H]2Cc2ccncc2)cc1. The van der Waals surface area contributed by atoms with E-state index in [1.54, 1.807) is 12.4 Å². The maximum absolute atomic E-state index is 12.2. The van der Waals surface area contributed by atoms with Gasteiger partial charge in [-0.25, -0.2) is 4.79 Å². The van der Waals surface area contributed by atoms with Crippen LogP contribution in [0.3, 0.4) is 0 Å². The molecule has 0 unspecified atom stereocenters. The Kier molecular flexibility index (Phi) is 4.88. The molecular formula is C18H21N3O2. The van der Waals surface area contributed by atoms with Gasteiger partial charge in [0, 0.05) is 24.0 Å². The topological polar surface area (TPSA) is 63.2 Å². The average molecular weight is 311 g/mol. The third-order valence-corrected chi connectivity index (χ3v) is 4.07. The fourth-order valence-corrected chi connectivity index (χ4v) is 2.75. The summed E-state index contributed by atoms with van der Waals surface area (Å²) in [4.78, 5) is 16.2. The van der Waals surface area contributed by atoms with E-state index in [9.17, 15) is 4.79 Å². The summed E-state index contributed by atoms with van der Waals surface area (Å²) in [5.41, 5.74) is 3.16. The van der Waals surface area contributed by atoms with E-state index in [0.717, 1.165) is 17.7 Å². The van der Waals surface area contributed by atoms with Crippen LogP contribution in [0.25, 0.3) is 0 Å². The summed E-state index contributed by atoms with van der Waals surface area (Å²) in [6.07, 6.45) is 4.45. The van der Waals surface area contributed by atoms with Gasteiger partial charge in [-0.2, -0.15) is 0 Å². The first-order valence-electron chi connectivity index (χ1n) is 7.81. The van der Waals surface area contributed by atoms with Crippen molar-refractivity contribution in [1.82, 2.24) is 10.3 Å². The Morgan fingerprint density at radius 3 is 2.65 bits per heavy atom. The third kappa shape index (κ3) is 4.29. The van der Waals surface area contributed by atoms with Gasteiger partial charge in [0.15, 0.2) is 0 Å². The number of ether oxygens (including phenoxy) is 1. The van der Waals surface area contributed by atoms with Crippen molar-refractivity contribution in [2.24, 2.45) is 5.92 Å². The smallest absolute Gasteiger partial charge is 0.319 e. The maximum Gasteiger partial charge on any atom is 0.319 e. The van der Waals surface area contributed by atoms with Crippen molar-refractivity contribution in [3.8, 4) is 0 Å². The minimum atomic E-state index is -0.191. The summed E-state index contributed by atoms with van der Waals surface area (Å²) < 4.78 is 5.55. The monoisotopic (exact) mass is 311 g/mol. The van der Waals surface area contributed by atoms with Crippen molar-refractivity contribution in [3.63, 3.8) is 0 Å². The van der Waals surface area contributed by atoms with Crippen molar-refractivity contribution in [3.05, 3.63) is 59.9 Å². The first kappa shape index (κ1) is 15.5. The van der Waals surface area contributed by atoms with Crippen LogP contribution in [0.1, 0.15) is 11.1 Å². The zero-order chi connectivity index (χ0) is 16.1. The van der Waals surface area contributed by atoms with Gasteiger partial charge in [-0.05, 0) is 43.2 Å². The predicted octanol–water partition coefficient (Wildman–Crippen LogP) is 2.77. The van der Waals surface area contributed by atoms with E-state index in [1.165, 1.54) is 5.56 Å². The molecule has 1 aliphatic heterocycles. The highest BCUT2D eigenvalue weighted by molar-refractivity contribution is 5.89. The summed E-state index contributed by atoms with van der Waals surface area (Å²) in [5, 5.41) is 5.89. The van der Waals surface area contributed by atoms with E-state index in [2.05, 4.69) is 15.6 Å². The first-order valence-corrected chi connectivity index (χ1v) is 7.81. The van der Waals surface area contributed by atoms with Crippen LogP contribution >= 0.6 is 0 Å². The van der Waals surface area contributed by atoms with Gasteiger partial charge in [0.2, 0.25) is 0 Å². The lowest BCUT2D eigenvalue weighted by Gasteiger charge is -2.19. The van der Waals surface area contributed by atoms with Crippen LogP contribution in [0.2, 0.25) is 0 Å². The number of hydrogen-bond donors (Lipinski definition) is 2. The van der Waals surface area contributed by atoms with Crippen LogP contribution in [0.5, 0.6) is 0 Å². The molecule has 2 atom stereocenters. The van der Waals surface area contributed by atoms with E-state index in [0.29, 0.717) is 13.2 Å². The molecule has 2 amide bonds. The van der Waals surface area contributed by atoms with Crippen LogP contribution in [0, 0.1) is 12.8 Å². The lowest BCUT2D eigenvalue weighted by Crippen LogP contribution is -2.42. The second-order valence-corrected chi connectivity index (χ2v) is 5.93. The quantitative estimate of drug-likeness (QED) is 0.912. The predicted molar refractivity (Wildman–Crippen MR) is 89.4 cm³/mol. The molecule has 5 heteroatoms. The molecule has 1 fully saturated rings. The summed E-state index contributed by atoms with van der Waals surface area (Å²) in [6, 6.07) is 11.6. The fourth-order valence-electron chi connectivity index (χ4n) is 2.75. The summed E-state index contributed by atoms with van der Waals surface area (Å²) in [7, 11) is 0. The Morgan fingerprint density at radius 2 is 1.91 bits per heavy atom. The number of amides is 2. The lowest BCUT2D eigenvalue weighted by molar-refractivity contribution is 0.182. The van der Waals surface area contributed by atoms with Gasteiger partial charge < -0.3 is 15.4 Å². The standard InChI is InChI=1S/C18H21N3O2/c1-13-2-4-16(5-3-13)20-18(22)21-17-12-23-11-15(17)10-14-6-8-19-9-7-14/h2-9,15,17H,10-12H2,1H3,(H2,20,21,22)/t15-,17+/m1/s1. The van der Waals surface area contributed by atoms with Crippen LogP contribution in [0.4, 0.5) is 10.5 Å².